The van der Waals surface area contributed by atoms with E-state index in [0.717, 1.165) is 11.1 Å². The van der Waals surface area contributed by atoms with Crippen LogP contribution in [0.5, 0.6) is 11.5 Å². The predicted octanol–water partition coefficient (Wildman–Crippen LogP) is 3.67. The minimum atomic E-state index is -0.346. The number of hydrogen-bond acceptors (Lipinski definition) is 5. The summed E-state index contributed by atoms with van der Waals surface area (Å²) in [6, 6.07) is 25.8. The highest BCUT2D eigenvalue weighted by molar-refractivity contribution is 5.83. The van der Waals surface area contributed by atoms with Crippen LogP contribution in [0.15, 0.2) is 84.0 Å². The Morgan fingerprint density at radius 2 is 1.62 bits per heavy atom. The van der Waals surface area contributed by atoms with Crippen molar-refractivity contribution in [2.45, 2.75) is 6.61 Å². The van der Waals surface area contributed by atoms with Crippen molar-refractivity contribution in [3.05, 3.63) is 95.6 Å². The molecule has 1 N–H and O–H groups in total. The number of nitrogens with one attached hydrogen (secondary N) is 1. The van der Waals surface area contributed by atoms with Gasteiger partial charge in [-0.3, -0.25) is 4.79 Å². The van der Waals surface area contributed by atoms with Gasteiger partial charge in [0.2, 0.25) is 0 Å². The zero-order chi connectivity index (χ0) is 20.3. The van der Waals surface area contributed by atoms with Crippen LogP contribution in [0.25, 0.3) is 0 Å². The third-order valence-electron chi connectivity index (χ3n) is 3.93. The van der Waals surface area contributed by atoms with Crippen LogP contribution < -0.4 is 14.9 Å². The second kappa shape index (κ2) is 10.3. The number of para-hydroxylation sites is 1. The molecule has 0 heterocycles. The smallest absolute Gasteiger partial charge is 0.277 e. The number of hydrogen-bond donors (Lipinski definition) is 1. The minimum absolute atomic E-state index is 0.113. The van der Waals surface area contributed by atoms with E-state index in [2.05, 4.69) is 16.6 Å². The van der Waals surface area contributed by atoms with Crippen molar-refractivity contribution in [3.8, 4) is 17.6 Å². The van der Waals surface area contributed by atoms with Gasteiger partial charge in [0.05, 0.1) is 17.8 Å². The van der Waals surface area contributed by atoms with E-state index in [4.69, 9.17) is 14.7 Å². The molecule has 0 spiro atoms. The number of carbonyl (C=O) groups excluding carboxylic acids is 1. The number of benzene rings is 3. The molecule has 144 valence electrons. The summed E-state index contributed by atoms with van der Waals surface area (Å²) in [6.07, 6.45) is 1.54. The van der Waals surface area contributed by atoms with Gasteiger partial charge < -0.3 is 9.47 Å². The summed E-state index contributed by atoms with van der Waals surface area (Å²) in [5.41, 5.74) is 4.66. The highest BCUT2D eigenvalue weighted by atomic mass is 16.5. The van der Waals surface area contributed by atoms with E-state index in [1.54, 1.807) is 30.3 Å². The molecule has 0 bridgehead atoms. The van der Waals surface area contributed by atoms with Crippen LogP contribution in [0.4, 0.5) is 0 Å². The third-order valence-corrected chi connectivity index (χ3v) is 3.93. The first-order valence-electron chi connectivity index (χ1n) is 8.95. The van der Waals surface area contributed by atoms with Crippen LogP contribution in [0.1, 0.15) is 16.7 Å². The van der Waals surface area contributed by atoms with E-state index >= 15 is 0 Å². The summed E-state index contributed by atoms with van der Waals surface area (Å²) in [4.78, 5) is 11.7. The monoisotopic (exact) mass is 385 g/mol. The molecule has 3 rings (SSSR count). The maximum atomic E-state index is 11.7. The number of rotatable bonds is 8. The summed E-state index contributed by atoms with van der Waals surface area (Å²) >= 11 is 0. The van der Waals surface area contributed by atoms with Gasteiger partial charge in [-0.2, -0.15) is 10.4 Å². The lowest BCUT2D eigenvalue weighted by Gasteiger charge is -2.07. The van der Waals surface area contributed by atoms with Gasteiger partial charge in [0.15, 0.2) is 6.61 Å². The Bertz CT molecular complexity index is 1010. The molecule has 0 unspecified atom stereocenters. The zero-order valence-corrected chi connectivity index (χ0v) is 15.6. The molecule has 3 aromatic carbocycles. The Hall–Kier alpha value is -4.11. The van der Waals surface area contributed by atoms with Crippen molar-refractivity contribution in [1.29, 1.82) is 5.26 Å². The molecule has 0 aliphatic rings. The molecule has 0 atom stereocenters. The van der Waals surface area contributed by atoms with E-state index in [1.165, 1.54) is 6.21 Å². The SMILES string of the molecule is N#Cc1ccccc1COc1ccc(/C=N\NC(=O)COc2ccccc2)cc1. The number of hydrazone groups is 1. The molecule has 0 saturated carbocycles. The van der Waals surface area contributed by atoms with E-state index < -0.39 is 0 Å². The fourth-order valence-electron chi connectivity index (χ4n) is 2.44. The summed E-state index contributed by atoms with van der Waals surface area (Å²) in [7, 11) is 0. The molecule has 6 nitrogen and oxygen atoms in total. The Balaban J connectivity index is 1.45. The van der Waals surface area contributed by atoms with Gasteiger partial charge in [-0.15, -0.1) is 0 Å². The molecule has 0 fully saturated rings. The van der Waals surface area contributed by atoms with Crippen LogP contribution in [-0.2, 0) is 11.4 Å². The van der Waals surface area contributed by atoms with Crippen LogP contribution >= 0.6 is 0 Å². The fraction of sp³-hybridized carbons (Fsp3) is 0.0870. The van der Waals surface area contributed by atoms with E-state index in [9.17, 15) is 4.79 Å². The van der Waals surface area contributed by atoms with Crippen molar-refractivity contribution in [2.24, 2.45) is 5.10 Å². The quantitative estimate of drug-likeness (QED) is 0.474. The van der Waals surface area contributed by atoms with Gasteiger partial charge in [-0.25, -0.2) is 5.43 Å². The van der Waals surface area contributed by atoms with Crippen molar-refractivity contribution < 1.29 is 14.3 Å². The minimum Gasteiger partial charge on any atom is -0.489 e. The van der Waals surface area contributed by atoms with E-state index in [0.29, 0.717) is 23.7 Å². The summed E-state index contributed by atoms with van der Waals surface area (Å²) < 4.78 is 11.1. The summed E-state index contributed by atoms with van der Waals surface area (Å²) in [6.45, 7) is 0.201. The maximum absolute atomic E-state index is 11.7. The summed E-state index contributed by atoms with van der Waals surface area (Å²) in [5, 5.41) is 13.0. The molecule has 1 amide bonds. The standard InChI is InChI=1S/C23H19N3O3/c24-14-19-6-4-5-7-20(19)16-28-22-12-10-18(11-13-22)15-25-26-23(27)17-29-21-8-2-1-3-9-21/h1-13,15H,16-17H2,(H,26,27)/b25-15-. The van der Waals surface area contributed by atoms with Crippen molar-refractivity contribution in [3.63, 3.8) is 0 Å². The highest BCUT2D eigenvalue weighted by Gasteiger charge is 2.03. The highest BCUT2D eigenvalue weighted by Crippen LogP contribution is 2.15. The van der Waals surface area contributed by atoms with Gasteiger partial charge in [0, 0.05) is 5.56 Å². The molecule has 3 aromatic rings. The molecule has 29 heavy (non-hydrogen) atoms. The zero-order valence-electron chi connectivity index (χ0n) is 15.6. The van der Waals surface area contributed by atoms with E-state index in [-0.39, 0.29) is 12.5 Å². The number of amides is 1. The van der Waals surface area contributed by atoms with Gasteiger partial charge in [0.25, 0.3) is 5.91 Å². The number of ether oxygens (including phenoxy) is 2. The Kier molecular flexibility index (Phi) is 6.97. The average Bonchev–Trinajstić information content (AvgIpc) is 2.78. The lowest BCUT2D eigenvalue weighted by Crippen LogP contribution is -2.24. The number of carbonyl (C=O) groups is 1. The molecule has 0 saturated heterocycles. The van der Waals surface area contributed by atoms with Crippen molar-refractivity contribution in [2.75, 3.05) is 6.61 Å². The second-order valence-corrected chi connectivity index (χ2v) is 6.02. The van der Waals surface area contributed by atoms with Gasteiger partial charge in [-0.05, 0) is 48.0 Å². The maximum Gasteiger partial charge on any atom is 0.277 e. The number of nitriles is 1. The molecule has 0 aliphatic carbocycles. The molecule has 0 aromatic heterocycles. The lowest BCUT2D eigenvalue weighted by atomic mass is 10.1. The van der Waals surface area contributed by atoms with Gasteiger partial charge in [0.1, 0.15) is 18.1 Å². The van der Waals surface area contributed by atoms with Crippen LogP contribution in [0, 0.1) is 11.3 Å². The van der Waals surface area contributed by atoms with Crippen LogP contribution in [-0.4, -0.2) is 18.7 Å². The molecule has 6 heteroatoms. The van der Waals surface area contributed by atoms with E-state index in [1.807, 2.05) is 48.5 Å². The summed E-state index contributed by atoms with van der Waals surface area (Å²) in [5.74, 6) is 0.955. The van der Waals surface area contributed by atoms with Crippen molar-refractivity contribution >= 4 is 12.1 Å². The molecular formula is C23H19N3O3. The number of nitrogens with zero attached hydrogens (tertiary/aromatic N) is 2. The largest absolute Gasteiger partial charge is 0.489 e. The first-order chi connectivity index (χ1) is 14.2. The lowest BCUT2D eigenvalue weighted by molar-refractivity contribution is -0.123. The normalized spacial score (nSPS) is 10.3. The average molecular weight is 385 g/mol. The predicted molar refractivity (Wildman–Crippen MR) is 110 cm³/mol. The van der Waals surface area contributed by atoms with Crippen LogP contribution in [0.2, 0.25) is 0 Å². The third kappa shape index (κ3) is 6.22. The molecular weight excluding hydrogens is 366 g/mol. The second-order valence-electron chi connectivity index (χ2n) is 6.02. The Morgan fingerprint density at radius 3 is 2.38 bits per heavy atom. The fourth-order valence-corrected chi connectivity index (χ4v) is 2.44. The first-order valence-corrected chi connectivity index (χ1v) is 8.95. The Labute approximate surface area is 169 Å². The van der Waals surface area contributed by atoms with Gasteiger partial charge in [-0.1, -0.05) is 36.4 Å². The van der Waals surface area contributed by atoms with Crippen molar-refractivity contribution in [1.82, 2.24) is 5.43 Å². The van der Waals surface area contributed by atoms with Gasteiger partial charge >= 0.3 is 0 Å². The first kappa shape index (κ1) is 19.6. The topological polar surface area (TPSA) is 83.7 Å². The molecule has 0 radical (unpaired) electrons. The molecule has 0 aliphatic heterocycles. The van der Waals surface area contributed by atoms with Crippen LogP contribution in [0.3, 0.4) is 0 Å². The Morgan fingerprint density at radius 1 is 0.931 bits per heavy atom.